The van der Waals surface area contributed by atoms with Crippen molar-refractivity contribution in [3.63, 3.8) is 0 Å². The maximum Gasteiger partial charge on any atom is 0.306 e. The van der Waals surface area contributed by atoms with Crippen molar-refractivity contribution in [1.82, 2.24) is 0 Å². The third-order valence-corrected chi connectivity index (χ3v) is 14.9. The van der Waals surface area contributed by atoms with Gasteiger partial charge >= 0.3 is 17.9 Å². The Kier molecular flexibility index (Phi) is 64.2. The minimum absolute atomic E-state index is 0.0873. The predicted octanol–water partition coefficient (Wildman–Crippen LogP) is 23.4. The quantitative estimate of drug-likeness (QED) is 0.0261. The van der Waals surface area contributed by atoms with E-state index in [2.05, 4.69) is 106 Å². The normalized spacial score (nSPS) is 12.6. The molecule has 456 valence electrons. The minimum Gasteiger partial charge on any atom is -0.462 e. The van der Waals surface area contributed by atoms with E-state index in [1.54, 1.807) is 0 Å². The number of rotatable bonds is 62. The zero-order chi connectivity index (χ0) is 57.1. The first-order valence-corrected chi connectivity index (χ1v) is 34.1. The van der Waals surface area contributed by atoms with Gasteiger partial charge in [0, 0.05) is 19.3 Å². The molecule has 0 spiro atoms. The molecule has 0 aromatic rings. The monoisotopic (exact) mass is 1100 g/mol. The van der Waals surface area contributed by atoms with Crippen LogP contribution in [0.2, 0.25) is 0 Å². The van der Waals surface area contributed by atoms with E-state index in [9.17, 15) is 14.4 Å². The summed E-state index contributed by atoms with van der Waals surface area (Å²) in [6.07, 6.45) is 89.0. The van der Waals surface area contributed by atoms with E-state index in [1.165, 1.54) is 180 Å². The lowest BCUT2D eigenvalue weighted by molar-refractivity contribution is -0.167. The molecule has 1 atom stereocenters. The van der Waals surface area contributed by atoms with Crippen LogP contribution in [0.1, 0.15) is 342 Å². The van der Waals surface area contributed by atoms with E-state index >= 15 is 0 Å². The summed E-state index contributed by atoms with van der Waals surface area (Å²) in [5.74, 6) is -0.906. The Morgan fingerprint density at radius 1 is 0.266 bits per heavy atom. The molecule has 0 aliphatic carbocycles. The van der Waals surface area contributed by atoms with Gasteiger partial charge in [-0.25, -0.2) is 0 Å². The van der Waals surface area contributed by atoms with E-state index in [-0.39, 0.29) is 31.1 Å². The van der Waals surface area contributed by atoms with Gasteiger partial charge < -0.3 is 14.2 Å². The molecule has 0 saturated heterocycles. The summed E-state index contributed by atoms with van der Waals surface area (Å²) < 4.78 is 16.9. The third kappa shape index (κ3) is 65.3. The Balaban J connectivity index is 4.30. The molecule has 79 heavy (non-hydrogen) atoms. The van der Waals surface area contributed by atoms with Gasteiger partial charge in [0.1, 0.15) is 13.2 Å². The van der Waals surface area contributed by atoms with Gasteiger partial charge in [-0.05, 0) is 89.9 Å². The topological polar surface area (TPSA) is 78.9 Å². The first-order chi connectivity index (χ1) is 39.0. The maximum absolute atomic E-state index is 12.9. The number of hydrogen-bond acceptors (Lipinski definition) is 6. The highest BCUT2D eigenvalue weighted by Gasteiger charge is 2.19. The van der Waals surface area contributed by atoms with Crippen LogP contribution in [-0.4, -0.2) is 37.2 Å². The van der Waals surface area contributed by atoms with Crippen LogP contribution in [0, 0.1) is 0 Å². The number of unbranched alkanes of at least 4 members (excludes halogenated alkanes) is 37. The molecule has 0 aromatic heterocycles. The van der Waals surface area contributed by atoms with Crippen LogP contribution < -0.4 is 0 Å². The second-order valence-electron chi connectivity index (χ2n) is 22.7. The van der Waals surface area contributed by atoms with E-state index in [1.807, 2.05) is 0 Å². The Morgan fingerprint density at radius 3 is 0.772 bits per heavy atom. The van der Waals surface area contributed by atoms with Crippen LogP contribution in [0.15, 0.2) is 85.1 Å². The zero-order valence-electron chi connectivity index (χ0n) is 52.4. The summed E-state index contributed by atoms with van der Waals surface area (Å²) in [4.78, 5) is 38.4. The highest BCUT2D eigenvalue weighted by molar-refractivity contribution is 5.71. The van der Waals surface area contributed by atoms with Crippen molar-refractivity contribution in [2.45, 2.75) is 348 Å². The molecule has 6 heteroatoms. The molecule has 0 aromatic carbocycles. The number of ether oxygens (including phenoxy) is 3. The third-order valence-electron chi connectivity index (χ3n) is 14.9. The smallest absolute Gasteiger partial charge is 0.306 e. The number of carbonyl (C=O) groups is 3. The number of carbonyl (C=O) groups excluding carboxylic acids is 3. The molecule has 0 rings (SSSR count). The fourth-order valence-electron chi connectivity index (χ4n) is 9.86. The lowest BCUT2D eigenvalue weighted by atomic mass is 10.0. The zero-order valence-corrected chi connectivity index (χ0v) is 52.4. The van der Waals surface area contributed by atoms with Gasteiger partial charge in [0.2, 0.25) is 0 Å². The molecule has 0 bridgehead atoms. The van der Waals surface area contributed by atoms with Crippen molar-refractivity contribution in [2.24, 2.45) is 0 Å². The Morgan fingerprint density at radius 2 is 0.494 bits per heavy atom. The Labute approximate surface area is 490 Å². The average molecular weight is 1100 g/mol. The van der Waals surface area contributed by atoms with Gasteiger partial charge in [0.15, 0.2) is 6.10 Å². The maximum atomic E-state index is 12.9. The van der Waals surface area contributed by atoms with Crippen molar-refractivity contribution in [1.29, 1.82) is 0 Å². The summed E-state index contributed by atoms with van der Waals surface area (Å²) in [6.45, 7) is 6.44. The van der Waals surface area contributed by atoms with Crippen molar-refractivity contribution in [3.05, 3.63) is 85.1 Å². The molecule has 1 unspecified atom stereocenters. The summed E-state index contributed by atoms with van der Waals surface area (Å²) in [5.41, 5.74) is 0. The van der Waals surface area contributed by atoms with E-state index in [0.29, 0.717) is 19.3 Å². The fourth-order valence-corrected chi connectivity index (χ4v) is 9.86. The number of hydrogen-bond donors (Lipinski definition) is 0. The van der Waals surface area contributed by atoms with E-state index < -0.39 is 6.10 Å². The number of esters is 3. The van der Waals surface area contributed by atoms with Crippen molar-refractivity contribution < 1.29 is 28.6 Å². The van der Waals surface area contributed by atoms with Crippen LogP contribution in [0.3, 0.4) is 0 Å². The van der Waals surface area contributed by atoms with Crippen molar-refractivity contribution in [2.75, 3.05) is 13.2 Å². The molecule has 0 amide bonds. The van der Waals surface area contributed by atoms with Crippen LogP contribution in [0.4, 0.5) is 0 Å². The van der Waals surface area contributed by atoms with Crippen LogP contribution in [0.5, 0.6) is 0 Å². The summed E-state index contributed by atoms with van der Waals surface area (Å²) in [7, 11) is 0. The van der Waals surface area contributed by atoms with Gasteiger partial charge in [-0.1, -0.05) is 318 Å². The highest BCUT2D eigenvalue weighted by atomic mass is 16.6. The van der Waals surface area contributed by atoms with E-state index in [4.69, 9.17) is 14.2 Å². The minimum atomic E-state index is -0.795. The largest absolute Gasteiger partial charge is 0.462 e. The predicted molar refractivity (Wildman–Crippen MR) is 344 cm³/mol. The van der Waals surface area contributed by atoms with Gasteiger partial charge in [-0.2, -0.15) is 0 Å². The molecule has 0 radical (unpaired) electrons. The van der Waals surface area contributed by atoms with Gasteiger partial charge in [0.25, 0.3) is 0 Å². The van der Waals surface area contributed by atoms with Gasteiger partial charge in [-0.15, -0.1) is 0 Å². The van der Waals surface area contributed by atoms with Gasteiger partial charge in [-0.3, -0.25) is 14.4 Å². The highest BCUT2D eigenvalue weighted by Crippen LogP contribution is 2.18. The van der Waals surface area contributed by atoms with Crippen LogP contribution in [0.25, 0.3) is 0 Å². The van der Waals surface area contributed by atoms with E-state index in [0.717, 1.165) is 122 Å². The van der Waals surface area contributed by atoms with Crippen LogP contribution in [-0.2, 0) is 28.6 Å². The SMILES string of the molecule is CC/C=C\C/C=C\C/C=C\C/C=C\CCCCCCC(=O)OC(COC(=O)CCCCCCCCC/C=C\C/C=C\C/C=C\CC)COC(=O)CCCCCCCCCCCCCCCCCCCCCCCCCCCCC. The van der Waals surface area contributed by atoms with Gasteiger partial charge in [0.05, 0.1) is 0 Å². The summed E-state index contributed by atoms with van der Waals surface area (Å²) >= 11 is 0. The first-order valence-electron chi connectivity index (χ1n) is 34.1. The molecule has 0 saturated carbocycles. The van der Waals surface area contributed by atoms with Crippen molar-refractivity contribution >= 4 is 17.9 Å². The standard InChI is InChI=1S/C73H128O6/c1-4-7-10-13-16-19-22-25-28-31-32-33-34-35-36-37-38-39-40-43-45-48-51-54-57-60-63-66-72(75)78-69-70(79-73(76)67-64-61-58-55-52-49-46-42-30-27-24-21-18-15-12-9-6-3)68-77-71(74)65-62-59-56-53-50-47-44-41-29-26-23-20-17-14-11-8-5-2/h8-9,11-12,17-18,20-21,26-27,29-30,46,49,70H,4-7,10,13-16,19,22-25,28,31-45,47-48,50-69H2,1-3H3/b11-8-,12-9-,20-17-,21-18-,29-26-,30-27-,49-46-. The molecular formula is C73H128O6. The average Bonchev–Trinajstić information content (AvgIpc) is 3.45. The fraction of sp³-hybridized carbons (Fsp3) is 0.767. The second kappa shape index (κ2) is 67.1. The lowest BCUT2D eigenvalue weighted by Crippen LogP contribution is -2.30. The number of allylic oxidation sites excluding steroid dienone is 14. The van der Waals surface area contributed by atoms with Crippen LogP contribution >= 0.6 is 0 Å². The first kappa shape index (κ1) is 75.6. The summed E-state index contributed by atoms with van der Waals surface area (Å²) in [6, 6.07) is 0. The van der Waals surface area contributed by atoms with Crippen molar-refractivity contribution in [3.8, 4) is 0 Å². The molecule has 0 aliphatic rings. The Hall–Kier alpha value is -3.41. The molecule has 0 N–H and O–H groups in total. The summed E-state index contributed by atoms with van der Waals surface area (Å²) in [5, 5.41) is 0. The molecule has 0 heterocycles. The second-order valence-corrected chi connectivity index (χ2v) is 22.7. The Bertz CT molecular complexity index is 1500. The molecule has 0 aliphatic heterocycles. The molecule has 6 nitrogen and oxygen atoms in total. The molecule has 0 fully saturated rings. The lowest BCUT2D eigenvalue weighted by Gasteiger charge is -2.18. The molecular weight excluding hydrogens is 973 g/mol.